The van der Waals surface area contributed by atoms with E-state index in [0.29, 0.717) is 18.8 Å². The fourth-order valence-corrected chi connectivity index (χ4v) is 1.56. The summed E-state index contributed by atoms with van der Waals surface area (Å²) < 4.78 is 0. The third kappa shape index (κ3) is 3.71. The van der Waals surface area contributed by atoms with Crippen LogP contribution < -0.4 is 11.3 Å². The van der Waals surface area contributed by atoms with E-state index in [4.69, 9.17) is 5.73 Å². The quantitative estimate of drug-likeness (QED) is 0.797. The molecular formula is C12H19N3O2. The molecule has 0 unspecified atom stereocenters. The predicted octanol–water partition coefficient (Wildman–Crippen LogP) is 0.432. The molecule has 17 heavy (non-hydrogen) atoms. The van der Waals surface area contributed by atoms with Gasteiger partial charge in [0.15, 0.2) is 0 Å². The molecule has 94 valence electrons. The van der Waals surface area contributed by atoms with Gasteiger partial charge in [-0.2, -0.15) is 0 Å². The maximum atomic E-state index is 12.0. The Morgan fingerprint density at radius 3 is 2.65 bits per heavy atom. The van der Waals surface area contributed by atoms with Gasteiger partial charge < -0.3 is 15.6 Å². The molecule has 0 bridgehead atoms. The van der Waals surface area contributed by atoms with Gasteiger partial charge in [-0.1, -0.05) is 19.9 Å². The topological polar surface area (TPSA) is 79.2 Å². The maximum absolute atomic E-state index is 12.0. The summed E-state index contributed by atoms with van der Waals surface area (Å²) in [6.07, 6.45) is 0. The van der Waals surface area contributed by atoms with Gasteiger partial charge in [0.2, 0.25) is 5.56 Å². The zero-order chi connectivity index (χ0) is 13.1. The summed E-state index contributed by atoms with van der Waals surface area (Å²) >= 11 is 0. The lowest BCUT2D eigenvalue weighted by atomic mass is 9.93. The summed E-state index contributed by atoms with van der Waals surface area (Å²) in [5.74, 6) is -0.204. The zero-order valence-electron chi connectivity index (χ0n) is 10.5. The number of carbonyl (C=O) groups excluding carboxylic acids is 1. The van der Waals surface area contributed by atoms with E-state index in [2.05, 4.69) is 4.98 Å². The first-order chi connectivity index (χ1) is 7.85. The van der Waals surface area contributed by atoms with Crippen LogP contribution in [-0.4, -0.2) is 35.9 Å². The molecule has 1 amide bonds. The van der Waals surface area contributed by atoms with Crippen LogP contribution in [0.4, 0.5) is 0 Å². The molecule has 3 N–H and O–H groups in total. The Kier molecular flexibility index (Phi) is 4.07. The highest BCUT2D eigenvalue weighted by Gasteiger charge is 2.22. The molecule has 1 aromatic heterocycles. The lowest BCUT2D eigenvalue weighted by Crippen LogP contribution is -2.40. The fourth-order valence-electron chi connectivity index (χ4n) is 1.56. The van der Waals surface area contributed by atoms with Crippen LogP contribution in [0.15, 0.2) is 23.0 Å². The third-order valence-electron chi connectivity index (χ3n) is 2.56. The molecule has 0 spiro atoms. The fraction of sp³-hybridized carbons (Fsp3) is 0.500. The second kappa shape index (κ2) is 5.14. The lowest BCUT2D eigenvalue weighted by Gasteiger charge is -2.28. The van der Waals surface area contributed by atoms with Crippen LogP contribution >= 0.6 is 0 Å². The zero-order valence-corrected chi connectivity index (χ0v) is 10.5. The van der Waals surface area contributed by atoms with Gasteiger partial charge in [0, 0.05) is 19.7 Å². The second-order valence-corrected chi connectivity index (χ2v) is 4.96. The minimum atomic E-state index is -0.276. The molecule has 0 atom stereocenters. The molecule has 0 radical (unpaired) electrons. The molecule has 5 heteroatoms. The van der Waals surface area contributed by atoms with Crippen molar-refractivity contribution < 1.29 is 4.79 Å². The third-order valence-corrected chi connectivity index (χ3v) is 2.56. The molecule has 0 fully saturated rings. The number of aromatic nitrogens is 1. The molecule has 0 saturated carbocycles. The summed E-state index contributed by atoms with van der Waals surface area (Å²) in [6.45, 7) is 5.02. The van der Waals surface area contributed by atoms with Gasteiger partial charge in [-0.25, -0.2) is 0 Å². The van der Waals surface area contributed by atoms with E-state index in [1.807, 2.05) is 13.8 Å². The van der Waals surface area contributed by atoms with Crippen molar-refractivity contribution >= 4 is 5.91 Å². The number of carbonyl (C=O) groups is 1. The van der Waals surface area contributed by atoms with Gasteiger partial charge in [-0.05, 0) is 18.0 Å². The van der Waals surface area contributed by atoms with Crippen LogP contribution in [0, 0.1) is 5.41 Å². The standard InChI is InChI=1S/C12H19N3O2/c1-12(2,7-13)8-15(3)11(17)9-5-4-6-10(16)14-9/h4-6H,7-8,13H2,1-3H3,(H,14,16). The Bertz CT molecular complexity index is 451. The Morgan fingerprint density at radius 2 is 2.12 bits per heavy atom. The molecule has 1 aromatic rings. The summed E-state index contributed by atoms with van der Waals surface area (Å²) in [5, 5.41) is 0. The molecule has 1 rings (SSSR count). The Hall–Kier alpha value is -1.62. The van der Waals surface area contributed by atoms with Gasteiger partial charge in [0.05, 0.1) is 0 Å². The van der Waals surface area contributed by atoms with Gasteiger partial charge in [0.25, 0.3) is 5.91 Å². The highest BCUT2D eigenvalue weighted by atomic mass is 16.2. The van der Waals surface area contributed by atoms with E-state index in [1.165, 1.54) is 6.07 Å². The highest BCUT2D eigenvalue weighted by Crippen LogP contribution is 2.14. The van der Waals surface area contributed by atoms with Crippen molar-refractivity contribution in [1.82, 2.24) is 9.88 Å². The number of nitrogens with one attached hydrogen (secondary N) is 1. The number of hydrogen-bond donors (Lipinski definition) is 2. The highest BCUT2D eigenvalue weighted by molar-refractivity contribution is 5.92. The first-order valence-electron chi connectivity index (χ1n) is 5.50. The number of amides is 1. The minimum Gasteiger partial charge on any atom is -0.340 e. The van der Waals surface area contributed by atoms with Crippen molar-refractivity contribution in [2.24, 2.45) is 11.1 Å². The normalized spacial score (nSPS) is 11.3. The Labute approximate surface area is 101 Å². The van der Waals surface area contributed by atoms with Crippen LogP contribution in [0.1, 0.15) is 24.3 Å². The number of aromatic amines is 1. The van der Waals surface area contributed by atoms with Crippen molar-refractivity contribution in [3.63, 3.8) is 0 Å². The molecule has 0 aliphatic heterocycles. The van der Waals surface area contributed by atoms with E-state index in [-0.39, 0.29) is 16.9 Å². The summed E-state index contributed by atoms with van der Waals surface area (Å²) in [5.41, 5.74) is 5.51. The number of pyridine rings is 1. The van der Waals surface area contributed by atoms with Gasteiger partial charge >= 0.3 is 0 Å². The number of nitrogens with zero attached hydrogens (tertiary/aromatic N) is 1. The monoisotopic (exact) mass is 237 g/mol. The Morgan fingerprint density at radius 1 is 1.47 bits per heavy atom. The van der Waals surface area contributed by atoms with Gasteiger partial charge in [0.1, 0.15) is 5.69 Å². The summed E-state index contributed by atoms with van der Waals surface area (Å²) in [6, 6.07) is 4.53. The number of rotatable bonds is 4. The lowest BCUT2D eigenvalue weighted by molar-refractivity contribution is 0.0734. The van der Waals surface area contributed by atoms with Crippen LogP contribution in [-0.2, 0) is 0 Å². The van der Waals surface area contributed by atoms with Crippen LogP contribution in [0.2, 0.25) is 0 Å². The SMILES string of the molecule is CN(CC(C)(C)CN)C(=O)c1cccc(=O)[nH]1. The van der Waals surface area contributed by atoms with E-state index < -0.39 is 0 Å². The van der Waals surface area contributed by atoms with E-state index in [9.17, 15) is 9.59 Å². The van der Waals surface area contributed by atoms with Crippen molar-refractivity contribution in [2.75, 3.05) is 20.1 Å². The van der Waals surface area contributed by atoms with Crippen LogP contribution in [0.5, 0.6) is 0 Å². The smallest absolute Gasteiger partial charge is 0.270 e. The Balaban J connectivity index is 2.80. The van der Waals surface area contributed by atoms with Crippen LogP contribution in [0.25, 0.3) is 0 Å². The second-order valence-electron chi connectivity index (χ2n) is 4.96. The maximum Gasteiger partial charge on any atom is 0.270 e. The van der Waals surface area contributed by atoms with E-state index in [1.54, 1.807) is 24.1 Å². The predicted molar refractivity (Wildman–Crippen MR) is 66.9 cm³/mol. The molecule has 0 aliphatic carbocycles. The average Bonchev–Trinajstić information content (AvgIpc) is 2.27. The first kappa shape index (κ1) is 13.4. The van der Waals surface area contributed by atoms with Crippen LogP contribution in [0.3, 0.4) is 0 Å². The van der Waals surface area contributed by atoms with Gasteiger partial charge in [-0.3, -0.25) is 9.59 Å². The van der Waals surface area contributed by atoms with E-state index >= 15 is 0 Å². The van der Waals surface area contributed by atoms with Crippen molar-refractivity contribution in [3.05, 3.63) is 34.2 Å². The van der Waals surface area contributed by atoms with Crippen molar-refractivity contribution in [3.8, 4) is 0 Å². The number of nitrogens with two attached hydrogens (primary N) is 1. The molecule has 0 aromatic carbocycles. The summed E-state index contributed by atoms with van der Waals surface area (Å²) in [4.78, 5) is 27.2. The molecular weight excluding hydrogens is 218 g/mol. The minimum absolute atomic E-state index is 0.139. The number of H-pyrrole nitrogens is 1. The average molecular weight is 237 g/mol. The molecule has 1 heterocycles. The first-order valence-corrected chi connectivity index (χ1v) is 5.50. The summed E-state index contributed by atoms with van der Waals surface area (Å²) in [7, 11) is 1.70. The molecule has 5 nitrogen and oxygen atoms in total. The molecule has 0 aliphatic rings. The molecule has 0 saturated heterocycles. The van der Waals surface area contributed by atoms with E-state index in [0.717, 1.165) is 0 Å². The van der Waals surface area contributed by atoms with Crippen molar-refractivity contribution in [2.45, 2.75) is 13.8 Å². The largest absolute Gasteiger partial charge is 0.340 e. The van der Waals surface area contributed by atoms with Gasteiger partial charge in [-0.15, -0.1) is 0 Å². The number of hydrogen-bond acceptors (Lipinski definition) is 3. The van der Waals surface area contributed by atoms with Crippen molar-refractivity contribution in [1.29, 1.82) is 0 Å².